The Balaban J connectivity index is 2.00. The van der Waals surface area contributed by atoms with Gasteiger partial charge in [-0.15, -0.1) is 0 Å². The van der Waals surface area contributed by atoms with Gasteiger partial charge in [0.05, 0.1) is 0 Å². The van der Waals surface area contributed by atoms with Crippen LogP contribution in [-0.2, 0) is 17.9 Å². The molecule has 24 heavy (non-hydrogen) atoms. The normalized spacial score (nSPS) is 11.8. The zero-order valence-electron chi connectivity index (χ0n) is 13.1. The van der Waals surface area contributed by atoms with Crippen molar-refractivity contribution in [2.75, 3.05) is 6.26 Å². The molecule has 3 aromatic carbocycles. The SMILES string of the molecule is CS(=O)(=O)[I-]c1ccc([S+](c2ccccc2)c2ccccc2)cc1. The molecule has 0 heterocycles. The maximum absolute atomic E-state index is 11.5. The van der Waals surface area contributed by atoms with Crippen molar-refractivity contribution >= 4 is 17.9 Å². The van der Waals surface area contributed by atoms with E-state index in [2.05, 4.69) is 60.7 Å². The van der Waals surface area contributed by atoms with Crippen LogP contribution in [0.1, 0.15) is 0 Å². The molecule has 0 unspecified atom stereocenters. The summed E-state index contributed by atoms with van der Waals surface area (Å²) in [6, 6.07) is 28.9. The quantitative estimate of drug-likeness (QED) is 0.318. The fourth-order valence-corrected chi connectivity index (χ4v) is 8.83. The van der Waals surface area contributed by atoms with Gasteiger partial charge in [-0.1, -0.05) is 0 Å². The fourth-order valence-electron chi connectivity index (χ4n) is 2.31. The fraction of sp³-hybridized carbons (Fsp3) is 0.0526. The molecule has 5 heteroatoms. The van der Waals surface area contributed by atoms with E-state index in [1.165, 1.54) is 20.9 Å². The molecule has 3 aromatic rings. The predicted molar refractivity (Wildman–Crippen MR) is 95.0 cm³/mol. The van der Waals surface area contributed by atoms with Crippen LogP contribution in [-0.4, -0.2) is 14.7 Å². The Kier molecular flexibility index (Phi) is 5.63. The van der Waals surface area contributed by atoms with Crippen LogP contribution < -0.4 is 19.8 Å². The van der Waals surface area contributed by atoms with Crippen molar-refractivity contribution in [3.8, 4) is 0 Å². The van der Waals surface area contributed by atoms with Crippen molar-refractivity contribution in [3.63, 3.8) is 0 Å². The summed E-state index contributed by atoms with van der Waals surface area (Å²) in [5.41, 5.74) is 0. The second-order valence-electron chi connectivity index (χ2n) is 5.15. The first-order chi connectivity index (χ1) is 11.5. The summed E-state index contributed by atoms with van der Waals surface area (Å²) < 4.78 is 24.0. The number of benzene rings is 3. The monoisotopic (exact) mass is 468 g/mol. The van der Waals surface area contributed by atoms with Crippen LogP contribution in [0.4, 0.5) is 0 Å². The van der Waals surface area contributed by atoms with E-state index in [0.29, 0.717) is 0 Å². The Labute approximate surface area is 154 Å². The van der Waals surface area contributed by atoms with E-state index in [-0.39, 0.29) is 10.9 Å². The molecular formula is C19H17IO2S2. The van der Waals surface area contributed by atoms with E-state index in [0.717, 1.165) is 3.57 Å². The molecule has 0 atom stereocenters. The third-order valence-electron chi connectivity index (χ3n) is 3.24. The molecule has 0 aromatic heterocycles. The van der Waals surface area contributed by atoms with Gasteiger partial charge in [-0.2, -0.15) is 0 Å². The van der Waals surface area contributed by atoms with Gasteiger partial charge in [0.2, 0.25) is 0 Å². The summed E-state index contributed by atoms with van der Waals surface area (Å²) in [5.74, 6) is 0. The summed E-state index contributed by atoms with van der Waals surface area (Å²) in [7, 11) is -3.09. The second kappa shape index (κ2) is 7.72. The topological polar surface area (TPSA) is 34.1 Å². The maximum atomic E-state index is 11.5. The number of halogens is 1. The minimum absolute atomic E-state index is 0.183. The molecule has 0 aliphatic carbocycles. The van der Waals surface area contributed by atoms with Crippen LogP contribution in [0.15, 0.2) is 99.6 Å². The average molecular weight is 468 g/mol. The van der Waals surface area contributed by atoms with E-state index in [9.17, 15) is 8.42 Å². The van der Waals surface area contributed by atoms with Crippen LogP contribution in [0.2, 0.25) is 0 Å². The number of hydrogen-bond acceptors (Lipinski definition) is 2. The van der Waals surface area contributed by atoms with E-state index < -0.39 is 26.8 Å². The minimum atomic E-state index is -2.90. The average Bonchev–Trinajstić information content (AvgIpc) is 2.57. The van der Waals surface area contributed by atoms with Gasteiger partial charge in [0.25, 0.3) is 0 Å². The Bertz CT molecular complexity index is 854. The molecule has 124 valence electrons. The van der Waals surface area contributed by atoms with Crippen molar-refractivity contribution in [1.82, 2.24) is 0 Å². The zero-order valence-corrected chi connectivity index (χ0v) is 16.9. The predicted octanol–water partition coefficient (Wildman–Crippen LogP) is 1.00. The molecule has 0 saturated heterocycles. The molecule has 0 spiro atoms. The molecule has 0 amide bonds. The third kappa shape index (κ3) is 4.62. The van der Waals surface area contributed by atoms with Gasteiger partial charge in [-0.25, -0.2) is 0 Å². The molecule has 0 aliphatic rings. The summed E-state index contributed by atoms with van der Waals surface area (Å²) in [4.78, 5) is 3.72. The van der Waals surface area contributed by atoms with Crippen molar-refractivity contribution in [2.24, 2.45) is 0 Å². The summed E-state index contributed by atoms with van der Waals surface area (Å²) in [6.07, 6.45) is 1.31. The first kappa shape index (κ1) is 17.5. The Morgan fingerprint density at radius 3 is 1.50 bits per heavy atom. The molecule has 0 radical (unpaired) electrons. The van der Waals surface area contributed by atoms with E-state index in [1.54, 1.807) is 0 Å². The van der Waals surface area contributed by atoms with Crippen LogP contribution in [0.25, 0.3) is 0 Å². The van der Waals surface area contributed by atoms with Gasteiger partial charge in [0, 0.05) is 0 Å². The molecule has 0 fully saturated rings. The van der Waals surface area contributed by atoms with Gasteiger partial charge in [0.1, 0.15) is 0 Å². The van der Waals surface area contributed by atoms with Crippen molar-refractivity contribution in [2.45, 2.75) is 14.7 Å². The van der Waals surface area contributed by atoms with Gasteiger partial charge < -0.3 is 0 Å². The van der Waals surface area contributed by atoms with Crippen LogP contribution >= 0.6 is 0 Å². The summed E-state index contributed by atoms with van der Waals surface area (Å²) in [5, 5.41) is 0. The molecule has 0 N–H and O–H groups in total. The molecular weight excluding hydrogens is 451 g/mol. The first-order valence-electron chi connectivity index (χ1n) is 7.34. The van der Waals surface area contributed by atoms with E-state index in [1.807, 2.05) is 24.3 Å². The molecule has 0 saturated carbocycles. The van der Waals surface area contributed by atoms with E-state index >= 15 is 0 Å². The van der Waals surface area contributed by atoms with Gasteiger partial charge in [-0.3, -0.25) is 0 Å². The van der Waals surface area contributed by atoms with E-state index in [4.69, 9.17) is 0 Å². The Morgan fingerprint density at radius 1 is 0.667 bits per heavy atom. The standard InChI is InChI=1S/C19H17IO2S2/c1-24(21,22)20-16-12-14-19(15-13-16)23(17-8-4-2-5-9-17)18-10-6-3-7-11-18/h2-15H,1H3. The van der Waals surface area contributed by atoms with Gasteiger partial charge in [0.15, 0.2) is 0 Å². The first-order valence-corrected chi connectivity index (χ1v) is 14.1. The molecule has 3 rings (SSSR count). The van der Waals surface area contributed by atoms with Crippen molar-refractivity contribution in [3.05, 3.63) is 88.5 Å². The van der Waals surface area contributed by atoms with Crippen LogP contribution in [0, 0.1) is 3.57 Å². The molecule has 0 aliphatic heterocycles. The van der Waals surface area contributed by atoms with Crippen molar-refractivity contribution < 1.29 is 28.2 Å². The summed E-state index contributed by atoms with van der Waals surface area (Å²) >= 11 is -0.984. The van der Waals surface area contributed by atoms with Crippen LogP contribution in [0.5, 0.6) is 0 Å². The Morgan fingerprint density at radius 2 is 1.08 bits per heavy atom. The third-order valence-corrected chi connectivity index (χ3v) is 10.6. The zero-order chi connectivity index (χ0) is 17.0. The van der Waals surface area contributed by atoms with Crippen molar-refractivity contribution in [1.29, 1.82) is 0 Å². The molecule has 0 bridgehead atoms. The Hall–Kier alpha value is -1.31. The number of hydrogen-bond donors (Lipinski definition) is 0. The second-order valence-corrected chi connectivity index (χ2v) is 16.1. The number of rotatable bonds is 5. The summed E-state index contributed by atoms with van der Waals surface area (Å²) in [6.45, 7) is 0. The van der Waals surface area contributed by atoms with Gasteiger partial charge >= 0.3 is 156 Å². The van der Waals surface area contributed by atoms with Crippen LogP contribution in [0.3, 0.4) is 0 Å². The molecule has 2 nitrogen and oxygen atoms in total. The van der Waals surface area contributed by atoms with Gasteiger partial charge in [-0.05, 0) is 0 Å².